The minimum Gasteiger partial charge on any atom is -0.462 e. The van der Waals surface area contributed by atoms with E-state index in [2.05, 4.69) is 4.74 Å². The van der Waals surface area contributed by atoms with Crippen molar-refractivity contribution in [2.24, 2.45) is 0 Å². The van der Waals surface area contributed by atoms with Gasteiger partial charge in [-0.05, 0) is 37.8 Å². The number of benzene rings is 1. The van der Waals surface area contributed by atoms with Crippen LogP contribution >= 0.6 is 0 Å². The molecule has 19 heavy (non-hydrogen) atoms. The Kier molecular flexibility index (Phi) is 6.43. The average Bonchev–Trinajstić information content (AvgIpc) is 2.38. The Bertz CT molecular complexity index is 428. The molecule has 1 aromatic rings. The first-order valence-electron chi connectivity index (χ1n) is 6.26. The Morgan fingerprint density at radius 3 is 2.58 bits per heavy atom. The Morgan fingerprint density at radius 2 is 1.89 bits per heavy atom. The van der Waals surface area contributed by atoms with E-state index in [0.29, 0.717) is 25.0 Å². The van der Waals surface area contributed by atoms with Gasteiger partial charge in [0.25, 0.3) is 0 Å². The monoisotopic (exact) mass is 266 g/mol. The number of rotatable bonds is 7. The number of ether oxygens (including phenoxy) is 2. The summed E-state index contributed by atoms with van der Waals surface area (Å²) in [6.45, 7) is 2.29. The van der Waals surface area contributed by atoms with Crippen molar-refractivity contribution in [1.82, 2.24) is 0 Å². The molecule has 1 N–H and O–H groups in total. The van der Waals surface area contributed by atoms with Crippen LogP contribution in [0.4, 0.5) is 4.79 Å². The number of hydrogen-bond donors (Lipinski definition) is 1. The lowest BCUT2D eigenvalue weighted by Gasteiger charge is -2.08. The molecule has 0 saturated carbocycles. The number of esters is 1. The van der Waals surface area contributed by atoms with E-state index in [0.717, 1.165) is 12.0 Å². The maximum atomic E-state index is 11.7. The molecule has 0 radical (unpaired) electrons. The third kappa shape index (κ3) is 5.42. The van der Waals surface area contributed by atoms with Crippen molar-refractivity contribution in [3.05, 3.63) is 35.4 Å². The van der Waals surface area contributed by atoms with Crippen molar-refractivity contribution in [3.63, 3.8) is 0 Å². The molecule has 0 spiro atoms. The SMILES string of the molecule is CCOC(=O)c1ccccc1CCCCOC(=O)O. The van der Waals surface area contributed by atoms with Gasteiger partial charge >= 0.3 is 12.1 Å². The number of aryl methyl sites for hydroxylation is 1. The van der Waals surface area contributed by atoms with Crippen molar-refractivity contribution >= 4 is 12.1 Å². The van der Waals surface area contributed by atoms with E-state index in [1.54, 1.807) is 19.1 Å². The predicted molar refractivity (Wildman–Crippen MR) is 69.3 cm³/mol. The van der Waals surface area contributed by atoms with Gasteiger partial charge < -0.3 is 14.6 Å². The van der Waals surface area contributed by atoms with Crippen LogP contribution in [0.25, 0.3) is 0 Å². The highest BCUT2D eigenvalue weighted by molar-refractivity contribution is 5.91. The molecule has 0 heterocycles. The molecule has 0 amide bonds. The van der Waals surface area contributed by atoms with Crippen molar-refractivity contribution in [2.75, 3.05) is 13.2 Å². The molecule has 0 aliphatic carbocycles. The zero-order chi connectivity index (χ0) is 14.1. The van der Waals surface area contributed by atoms with Gasteiger partial charge in [-0.2, -0.15) is 0 Å². The van der Waals surface area contributed by atoms with Crippen LogP contribution < -0.4 is 0 Å². The minimum absolute atomic E-state index is 0.177. The maximum Gasteiger partial charge on any atom is 0.505 e. The fourth-order valence-corrected chi connectivity index (χ4v) is 1.72. The van der Waals surface area contributed by atoms with E-state index < -0.39 is 6.16 Å². The van der Waals surface area contributed by atoms with E-state index in [9.17, 15) is 9.59 Å². The van der Waals surface area contributed by atoms with E-state index >= 15 is 0 Å². The Labute approximate surface area is 112 Å². The number of unbranched alkanes of at least 4 members (excludes halogenated alkanes) is 1. The lowest BCUT2D eigenvalue weighted by molar-refractivity contribution is 0.0525. The maximum absolute atomic E-state index is 11.7. The number of carbonyl (C=O) groups is 2. The highest BCUT2D eigenvalue weighted by Crippen LogP contribution is 2.13. The molecule has 0 unspecified atom stereocenters. The van der Waals surface area contributed by atoms with E-state index in [4.69, 9.17) is 9.84 Å². The van der Waals surface area contributed by atoms with Crippen LogP contribution in [0.1, 0.15) is 35.7 Å². The number of carboxylic acid groups (broad SMARTS) is 1. The van der Waals surface area contributed by atoms with Gasteiger partial charge in [0, 0.05) is 0 Å². The molecule has 104 valence electrons. The highest BCUT2D eigenvalue weighted by atomic mass is 16.7. The summed E-state index contributed by atoms with van der Waals surface area (Å²) in [4.78, 5) is 21.9. The highest BCUT2D eigenvalue weighted by Gasteiger charge is 2.11. The molecule has 0 saturated heterocycles. The van der Waals surface area contributed by atoms with Crippen LogP contribution in [-0.2, 0) is 15.9 Å². The smallest absolute Gasteiger partial charge is 0.462 e. The number of hydrogen-bond acceptors (Lipinski definition) is 4. The van der Waals surface area contributed by atoms with Gasteiger partial charge in [0.05, 0.1) is 18.8 Å². The Morgan fingerprint density at radius 1 is 1.16 bits per heavy atom. The van der Waals surface area contributed by atoms with Gasteiger partial charge in [-0.1, -0.05) is 18.2 Å². The molecule has 0 fully saturated rings. The summed E-state index contributed by atoms with van der Waals surface area (Å²) in [5, 5.41) is 8.32. The lowest BCUT2D eigenvalue weighted by Crippen LogP contribution is -2.08. The first-order valence-corrected chi connectivity index (χ1v) is 6.26. The third-order valence-corrected chi connectivity index (χ3v) is 2.58. The molecule has 0 aliphatic heterocycles. The molecule has 0 bridgehead atoms. The summed E-state index contributed by atoms with van der Waals surface area (Å²) in [7, 11) is 0. The van der Waals surface area contributed by atoms with Crippen molar-refractivity contribution in [1.29, 1.82) is 0 Å². The summed E-state index contributed by atoms with van der Waals surface area (Å²) < 4.78 is 9.41. The molecule has 1 rings (SSSR count). The summed E-state index contributed by atoms with van der Waals surface area (Å²) in [5.74, 6) is -0.320. The van der Waals surface area contributed by atoms with Crippen molar-refractivity contribution in [2.45, 2.75) is 26.2 Å². The van der Waals surface area contributed by atoms with Gasteiger partial charge in [0.15, 0.2) is 0 Å². The fraction of sp³-hybridized carbons (Fsp3) is 0.429. The molecular weight excluding hydrogens is 248 g/mol. The first kappa shape index (κ1) is 15.0. The zero-order valence-corrected chi connectivity index (χ0v) is 10.9. The van der Waals surface area contributed by atoms with Crippen LogP contribution in [0.5, 0.6) is 0 Å². The number of carbonyl (C=O) groups excluding carboxylic acids is 1. The van der Waals surface area contributed by atoms with Crippen LogP contribution in [0.3, 0.4) is 0 Å². The van der Waals surface area contributed by atoms with E-state index in [-0.39, 0.29) is 12.6 Å². The van der Waals surface area contributed by atoms with Crippen molar-refractivity contribution < 1.29 is 24.2 Å². The largest absolute Gasteiger partial charge is 0.505 e. The summed E-state index contributed by atoms with van der Waals surface area (Å²) >= 11 is 0. The zero-order valence-electron chi connectivity index (χ0n) is 10.9. The van der Waals surface area contributed by atoms with Crippen molar-refractivity contribution in [3.8, 4) is 0 Å². The predicted octanol–water partition coefficient (Wildman–Crippen LogP) is 2.88. The quantitative estimate of drug-likeness (QED) is 0.606. The fourth-order valence-electron chi connectivity index (χ4n) is 1.72. The van der Waals surface area contributed by atoms with Gasteiger partial charge in [0.1, 0.15) is 0 Å². The standard InChI is InChI=1S/C14H18O5/c1-2-18-13(15)12-9-4-3-7-11(12)8-5-6-10-19-14(16)17/h3-4,7,9H,2,5-6,8,10H2,1H3,(H,16,17). The molecule has 5 heteroatoms. The molecule has 5 nitrogen and oxygen atoms in total. The van der Waals surface area contributed by atoms with Crippen LogP contribution in [-0.4, -0.2) is 30.4 Å². The van der Waals surface area contributed by atoms with Gasteiger partial charge in [-0.25, -0.2) is 9.59 Å². The van der Waals surface area contributed by atoms with E-state index in [1.165, 1.54) is 0 Å². The van der Waals surface area contributed by atoms with Crippen LogP contribution in [0.15, 0.2) is 24.3 Å². The second-order valence-corrected chi connectivity index (χ2v) is 3.95. The first-order chi connectivity index (χ1) is 9.15. The van der Waals surface area contributed by atoms with Gasteiger partial charge in [-0.3, -0.25) is 0 Å². The molecule has 0 atom stereocenters. The normalized spacial score (nSPS) is 9.95. The summed E-state index contributed by atoms with van der Waals surface area (Å²) in [6, 6.07) is 7.28. The topological polar surface area (TPSA) is 72.8 Å². The second-order valence-electron chi connectivity index (χ2n) is 3.95. The van der Waals surface area contributed by atoms with Crippen LogP contribution in [0.2, 0.25) is 0 Å². The molecular formula is C14H18O5. The third-order valence-electron chi connectivity index (χ3n) is 2.58. The Balaban J connectivity index is 2.49. The van der Waals surface area contributed by atoms with E-state index in [1.807, 2.05) is 12.1 Å². The summed E-state index contributed by atoms with van der Waals surface area (Å²) in [6.07, 6.45) is 0.817. The second kappa shape index (κ2) is 8.13. The van der Waals surface area contributed by atoms with Gasteiger partial charge in [0.2, 0.25) is 0 Å². The van der Waals surface area contributed by atoms with Crippen LogP contribution in [0, 0.1) is 0 Å². The summed E-state index contributed by atoms with van der Waals surface area (Å²) in [5.41, 5.74) is 1.49. The Hall–Kier alpha value is -2.04. The molecule has 0 aromatic heterocycles. The molecule has 1 aromatic carbocycles. The molecule has 0 aliphatic rings. The lowest BCUT2D eigenvalue weighted by atomic mass is 10.0. The van der Waals surface area contributed by atoms with Gasteiger partial charge in [-0.15, -0.1) is 0 Å². The minimum atomic E-state index is -1.26. The average molecular weight is 266 g/mol.